The van der Waals surface area contributed by atoms with Gasteiger partial charge in [-0.2, -0.15) is 0 Å². The number of carbonyl (C=O) groups is 2. The highest BCUT2D eigenvalue weighted by Crippen LogP contribution is 2.16. The van der Waals surface area contributed by atoms with E-state index in [4.69, 9.17) is 5.11 Å². The van der Waals surface area contributed by atoms with Gasteiger partial charge in [0, 0.05) is 6.54 Å². The molecule has 1 amide bonds. The van der Waals surface area contributed by atoms with Crippen LogP contribution in [-0.4, -0.2) is 23.5 Å². The topological polar surface area (TPSA) is 66.4 Å². The molecular weight excluding hydrogens is 146 g/mol. The van der Waals surface area contributed by atoms with Crippen molar-refractivity contribution in [3.8, 4) is 0 Å². The Morgan fingerprint density at radius 2 is 2.36 bits per heavy atom. The lowest BCUT2D eigenvalue weighted by molar-refractivity contribution is -0.149. The van der Waals surface area contributed by atoms with Crippen molar-refractivity contribution in [3.63, 3.8) is 0 Å². The molecule has 4 nitrogen and oxygen atoms in total. The Bertz CT molecular complexity index is 190. The maximum absolute atomic E-state index is 10.9. The lowest BCUT2D eigenvalue weighted by atomic mass is 9.91. The van der Waals surface area contributed by atoms with E-state index in [0.29, 0.717) is 13.0 Å². The van der Waals surface area contributed by atoms with Crippen molar-refractivity contribution in [1.29, 1.82) is 0 Å². The average Bonchev–Trinajstić information content (AvgIpc) is 1.94. The van der Waals surface area contributed by atoms with Crippen molar-refractivity contribution in [1.82, 2.24) is 5.32 Å². The number of carboxylic acids is 1. The van der Waals surface area contributed by atoms with Gasteiger partial charge in [-0.3, -0.25) is 9.59 Å². The first-order valence-electron chi connectivity index (χ1n) is 3.61. The third-order valence-electron chi connectivity index (χ3n) is 1.88. The van der Waals surface area contributed by atoms with Crippen LogP contribution in [0.25, 0.3) is 0 Å². The minimum atomic E-state index is -1.02. The average molecular weight is 157 g/mol. The standard InChI is InChI=1S/C7H11NO3/c1-4-2-5(7(10)11)6(9)8-3-4/h4-5H,2-3H2,1H3,(H,8,9)(H,10,11). The van der Waals surface area contributed by atoms with Crippen LogP contribution in [-0.2, 0) is 9.59 Å². The van der Waals surface area contributed by atoms with Crippen LogP contribution in [0.1, 0.15) is 13.3 Å². The van der Waals surface area contributed by atoms with Crippen molar-refractivity contribution >= 4 is 11.9 Å². The van der Waals surface area contributed by atoms with Gasteiger partial charge < -0.3 is 10.4 Å². The minimum Gasteiger partial charge on any atom is -0.481 e. The summed E-state index contributed by atoms with van der Waals surface area (Å²) in [5.74, 6) is -1.93. The maximum Gasteiger partial charge on any atom is 0.316 e. The van der Waals surface area contributed by atoms with Crippen LogP contribution in [0.5, 0.6) is 0 Å². The van der Waals surface area contributed by atoms with Gasteiger partial charge in [-0.15, -0.1) is 0 Å². The maximum atomic E-state index is 10.9. The van der Waals surface area contributed by atoms with Crippen molar-refractivity contribution < 1.29 is 14.7 Å². The monoisotopic (exact) mass is 157 g/mol. The van der Waals surface area contributed by atoms with Gasteiger partial charge in [0.25, 0.3) is 0 Å². The second kappa shape index (κ2) is 2.90. The third kappa shape index (κ3) is 1.69. The summed E-state index contributed by atoms with van der Waals surface area (Å²) in [5.41, 5.74) is 0. The van der Waals surface area contributed by atoms with Crippen molar-refractivity contribution in [2.24, 2.45) is 11.8 Å². The number of rotatable bonds is 1. The van der Waals surface area contributed by atoms with Gasteiger partial charge in [0.1, 0.15) is 5.92 Å². The van der Waals surface area contributed by atoms with E-state index in [1.54, 1.807) is 0 Å². The fourth-order valence-electron chi connectivity index (χ4n) is 1.20. The van der Waals surface area contributed by atoms with Crippen molar-refractivity contribution in [3.05, 3.63) is 0 Å². The Kier molecular flexibility index (Phi) is 2.12. The van der Waals surface area contributed by atoms with Crippen LogP contribution < -0.4 is 5.32 Å². The number of aliphatic carboxylic acids is 1. The molecule has 0 bridgehead atoms. The molecule has 2 unspecified atom stereocenters. The zero-order valence-electron chi connectivity index (χ0n) is 6.33. The molecular formula is C7H11NO3. The molecule has 1 fully saturated rings. The molecule has 2 atom stereocenters. The Morgan fingerprint density at radius 3 is 2.82 bits per heavy atom. The Hall–Kier alpha value is -1.06. The van der Waals surface area contributed by atoms with Gasteiger partial charge in [0.2, 0.25) is 5.91 Å². The van der Waals surface area contributed by atoms with E-state index in [-0.39, 0.29) is 11.8 Å². The Balaban J connectivity index is 2.61. The predicted octanol–water partition coefficient (Wildman–Crippen LogP) is -0.157. The van der Waals surface area contributed by atoms with Gasteiger partial charge in [-0.25, -0.2) is 0 Å². The van der Waals surface area contributed by atoms with E-state index < -0.39 is 11.9 Å². The number of amides is 1. The van der Waals surface area contributed by atoms with E-state index in [1.807, 2.05) is 6.92 Å². The van der Waals surface area contributed by atoms with Gasteiger partial charge in [0.05, 0.1) is 0 Å². The molecule has 0 saturated carbocycles. The van der Waals surface area contributed by atoms with Crippen LogP contribution in [0.3, 0.4) is 0 Å². The molecule has 1 saturated heterocycles. The first-order valence-corrected chi connectivity index (χ1v) is 3.61. The molecule has 1 rings (SSSR count). The first kappa shape index (κ1) is 8.04. The SMILES string of the molecule is CC1CNC(=O)C(C(=O)O)C1. The molecule has 0 aromatic heterocycles. The number of nitrogens with one attached hydrogen (secondary N) is 1. The molecule has 2 N–H and O–H groups in total. The smallest absolute Gasteiger partial charge is 0.316 e. The van der Waals surface area contributed by atoms with Crippen LogP contribution in [0.15, 0.2) is 0 Å². The summed E-state index contributed by atoms with van der Waals surface area (Å²) in [4.78, 5) is 21.3. The highest BCUT2D eigenvalue weighted by Gasteiger charge is 2.31. The molecule has 62 valence electrons. The molecule has 0 spiro atoms. The number of hydrogen-bond acceptors (Lipinski definition) is 2. The molecule has 4 heteroatoms. The molecule has 11 heavy (non-hydrogen) atoms. The number of piperidine rings is 1. The molecule has 0 aliphatic carbocycles. The Morgan fingerprint density at radius 1 is 1.73 bits per heavy atom. The van der Waals surface area contributed by atoms with Crippen molar-refractivity contribution in [2.45, 2.75) is 13.3 Å². The summed E-state index contributed by atoms with van der Waals surface area (Å²) >= 11 is 0. The van der Waals surface area contributed by atoms with Crippen LogP contribution in [0.4, 0.5) is 0 Å². The number of carbonyl (C=O) groups excluding carboxylic acids is 1. The van der Waals surface area contributed by atoms with Crippen molar-refractivity contribution in [2.75, 3.05) is 6.54 Å². The third-order valence-corrected chi connectivity index (χ3v) is 1.88. The van der Waals surface area contributed by atoms with Crippen LogP contribution in [0, 0.1) is 11.8 Å². The predicted molar refractivity (Wildman–Crippen MR) is 37.9 cm³/mol. The highest BCUT2D eigenvalue weighted by molar-refractivity contribution is 5.97. The summed E-state index contributed by atoms with van der Waals surface area (Å²) in [5, 5.41) is 11.1. The molecule has 0 radical (unpaired) electrons. The molecule has 0 aromatic rings. The molecule has 0 aromatic carbocycles. The molecule has 1 aliphatic heterocycles. The summed E-state index contributed by atoms with van der Waals surface area (Å²) in [6, 6.07) is 0. The second-order valence-electron chi connectivity index (χ2n) is 2.98. The molecule has 1 heterocycles. The van der Waals surface area contributed by atoms with E-state index in [2.05, 4.69) is 5.32 Å². The van der Waals surface area contributed by atoms with E-state index in [9.17, 15) is 9.59 Å². The van der Waals surface area contributed by atoms with E-state index in [1.165, 1.54) is 0 Å². The normalized spacial score (nSPS) is 31.2. The molecule has 1 aliphatic rings. The van der Waals surface area contributed by atoms with Gasteiger partial charge in [-0.05, 0) is 12.3 Å². The zero-order chi connectivity index (χ0) is 8.43. The van der Waals surface area contributed by atoms with Gasteiger partial charge >= 0.3 is 5.97 Å². The van der Waals surface area contributed by atoms with E-state index in [0.717, 1.165) is 0 Å². The van der Waals surface area contributed by atoms with Gasteiger partial charge in [-0.1, -0.05) is 6.92 Å². The van der Waals surface area contributed by atoms with Gasteiger partial charge in [0.15, 0.2) is 0 Å². The lowest BCUT2D eigenvalue weighted by Crippen LogP contribution is -2.43. The number of carboxylic acid groups (broad SMARTS) is 1. The second-order valence-corrected chi connectivity index (χ2v) is 2.98. The fourth-order valence-corrected chi connectivity index (χ4v) is 1.20. The zero-order valence-corrected chi connectivity index (χ0v) is 6.33. The minimum absolute atomic E-state index is 0.272. The number of hydrogen-bond donors (Lipinski definition) is 2. The van der Waals surface area contributed by atoms with Crippen LogP contribution >= 0.6 is 0 Å². The summed E-state index contributed by atoms with van der Waals surface area (Å²) in [7, 11) is 0. The summed E-state index contributed by atoms with van der Waals surface area (Å²) in [6.07, 6.45) is 0.459. The summed E-state index contributed by atoms with van der Waals surface area (Å²) < 4.78 is 0. The lowest BCUT2D eigenvalue weighted by Gasteiger charge is -2.23. The Labute approximate surface area is 64.6 Å². The quantitative estimate of drug-likeness (QED) is 0.520. The van der Waals surface area contributed by atoms with E-state index >= 15 is 0 Å². The van der Waals surface area contributed by atoms with Crippen LogP contribution in [0.2, 0.25) is 0 Å². The largest absolute Gasteiger partial charge is 0.481 e. The highest BCUT2D eigenvalue weighted by atomic mass is 16.4. The fraction of sp³-hybridized carbons (Fsp3) is 0.714. The summed E-state index contributed by atoms with van der Waals surface area (Å²) in [6.45, 7) is 2.53. The first-order chi connectivity index (χ1) is 5.11.